The summed E-state index contributed by atoms with van der Waals surface area (Å²) in [5.74, 6) is 0.555. The van der Waals surface area contributed by atoms with E-state index in [2.05, 4.69) is 17.1 Å². The molecule has 32 heavy (non-hydrogen) atoms. The number of nitrogens with two attached hydrogens (primary N) is 1. The Labute approximate surface area is 190 Å². The number of nitriles is 1. The van der Waals surface area contributed by atoms with Crippen LogP contribution in [-0.4, -0.2) is 20.7 Å². The van der Waals surface area contributed by atoms with Gasteiger partial charge in [-0.3, -0.25) is 0 Å². The number of fused-ring (bicyclic) bond motifs is 6. The van der Waals surface area contributed by atoms with Crippen LogP contribution in [0.5, 0.6) is 0 Å². The first kappa shape index (κ1) is 20.3. The molecule has 5 aromatic rings. The number of halogens is 1. The van der Waals surface area contributed by atoms with E-state index in [1.807, 2.05) is 30.3 Å². The van der Waals surface area contributed by atoms with Crippen molar-refractivity contribution >= 4 is 49.9 Å². The zero-order valence-electron chi connectivity index (χ0n) is 17.7. The van der Waals surface area contributed by atoms with Crippen molar-refractivity contribution in [2.75, 3.05) is 5.73 Å². The molecule has 0 spiro atoms. The minimum Gasteiger partial charge on any atom is -0.398 e. The van der Waals surface area contributed by atoms with E-state index in [-0.39, 0.29) is 0 Å². The predicted molar refractivity (Wildman–Crippen MR) is 131 cm³/mol. The first-order valence-electron chi connectivity index (χ1n) is 10.3. The smallest absolute Gasteiger partial charge is 0.141 e. The molecule has 0 atom stereocenters. The third-order valence-electron chi connectivity index (χ3n) is 5.67. The summed E-state index contributed by atoms with van der Waals surface area (Å²) < 4.78 is 0. The number of H-pyrrole nitrogens is 1. The minimum atomic E-state index is -0.815. The fraction of sp³-hybridized carbons (Fsp3) is 0.154. The van der Waals surface area contributed by atoms with Gasteiger partial charge in [-0.2, -0.15) is 5.26 Å². The number of nitrogens with zero attached hydrogens (tertiary/aromatic N) is 2. The second-order valence-electron chi connectivity index (χ2n) is 8.75. The van der Waals surface area contributed by atoms with Crippen molar-refractivity contribution in [2.24, 2.45) is 0 Å². The zero-order valence-corrected chi connectivity index (χ0v) is 18.5. The highest BCUT2D eigenvalue weighted by atomic mass is 35.5. The molecule has 0 saturated carbocycles. The molecule has 1 heterocycles. The number of imidazole rings is 1. The second kappa shape index (κ2) is 7.23. The molecule has 0 aliphatic heterocycles. The average molecular weight is 441 g/mol. The third kappa shape index (κ3) is 3.34. The molecule has 0 saturated heterocycles. The monoisotopic (exact) mass is 440 g/mol. The molecule has 158 valence electrons. The Hall–Kier alpha value is -3.59. The highest BCUT2D eigenvalue weighted by Gasteiger charge is 2.19. The number of aliphatic hydroxyl groups is 1. The second-order valence-corrected chi connectivity index (χ2v) is 9.19. The van der Waals surface area contributed by atoms with Crippen LogP contribution in [0, 0.1) is 11.3 Å². The maximum absolute atomic E-state index is 10.3. The van der Waals surface area contributed by atoms with Gasteiger partial charge in [-0.1, -0.05) is 41.9 Å². The Balaban J connectivity index is 1.88. The fourth-order valence-corrected chi connectivity index (χ4v) is 4.57. The third-order valence-corrected chi connectivity index (χ3v) is 5.91. The van der Waals surface area contributed by atoms with Gasteiger partial charge in [-0.25, -0.2) is 4.98 Å². The van der Waals surface area contributed by atoms with Crippen molar-refractivity contribution in [1.82, 2.24) is 9.97 Å². The minimum absolute atomic E-state index is 0.466. The molecule has 5 rings (SSSR count). The molecule has 0 amide bonds. The Morgan fingerprint density at radius 2 is 1.81 bits per heavy atom. The first-order chi connectivity index (χ1) is 15.2. The highest BCUT2D eigenvalue weighted by Crippen LogP contribution is 2.38. The zero-order chi connectivity index (χ0) is 22.6. The van der Waals surface area contributed by atoms with Crippen molar-refractivity contribution in [1.29, 1.82) is 5.26 Å². The number of hydrogen-bond acceptors (Lipinski definition) is 4. The summed E-state index contributed by atoms with van der Waals surface area (Å²) in [6.45, 7) is 3.60. The van der Waals surface area contributed by atoms with Gasteiger partial charge in [0.2, 0.25) is 0 Å². The fourth-order valence-electron chi connectivity index (χ4n) is 4.40. The Bertz CT molecular complexity index is 1570. The quantitative estimate of drug-likeness (QED) is 0.238. The molecule has 6 heteroatoms. The number of rotatable bonds is 3. The number of benzene rings is 4. The van der Waals surface area contributed by atoms with Gasteiger partial charge in [0, 0.05) is 27.9 Å². The molecule has 4 aromatic carbocycles. The Morgan fingerprint density at radius 3 is 2.56 bits per heavy atom. The lowest BCUT2D eigenvalue weighted by Gasteiger charge is -2.17. The summed E-state index contributed by atoms with van der Waals surface area (Å²) in [7, 11) is 0. The van der Waals surface area contributed by atoms with Crippen molar-refractivity contribution in [3.63, 3.8) is 0 Å². The first-order valence-corrected chi connectivity index (χ1v) is 10.7. The molecule has 5 nitrogen and oxygen atoms in total. The summed E-state index contributed by atoms with van der Waals surface area (Å²) in [5.41, 5.74) is 9.66. The average Bonchev–Trinajstić information content (AvgIpc) is 3.17. The van der Waals surface area contributed by atoms with Crippen LogP contribution in [0.4, 0.5) is 5.69 Å². The number of anilines is 1. The van der Waals surface area contributed by atoms with Crippen molar-refractivity contribution in [3.8, 4) is 17.5 Å². The van der Waals surface area contributed by atoms with Crippen molar-refractivity contribution in [3.05, 3.63) is 70.7 Å². The van der Waals surface area contributed by atoms with E-state index in [0.717, 1.165) is 38.1 Å². The van der Waals surface area contributed by atoms with Crippen molar-refractivity contribution in [2.45, 2.75) is 25.9 Å². The van der Waals surface area contributed by atoms with Gasteiger partial charge >= 0.3 is 0 Å². The maximum Gasteiger partial charge on any atom is 0.141 e. The molecule has 0 fully saturated rings. The highest BCUT2D eigenvalue weighted by molar-refractivity contribution is 6.33. The molecule has 4 N–H and O–H groups in total. The summed E-state index contributed by atoms with van der Waals surface area (Å²) in [6.07, 6.45) is 0.531. The van der Waals surface area contributed by atoms with E-state index in [4.69, 9.17) is 22.3 Å². The number of aromatic amines is 1. The van der Waals surface area contributed by atoms with Crippen LogP contribution in [0.25, 0.3) is 44.0 Å². The van der Waals surface area contributed by atoms with E-state index >= 15 is 0 Å². The number of hydrogen-bond donors (Lipinski definition) is 3. The lowest BCUT2D eigenvalue weighted by molar-refractivity contribution is 0.0810. The SMILES string of the molecule is CC(C)(O)Cc1ccc2c(c1)c1cc(Cl)ccc1c1nc(-c3c(N)cccc3C#N)[nH]c21. The Kier molecular flexibility index (Phi) is 4.59. The normalized spacial score (nSPS) is 12.0. The Morgan fingerprint density at radius 1 is 1.06 bits per heavy atom. The topological polar surface area (TPSA) is 98.7 Å². The van der Waals surface area contributed by atoms with E-state index in [0.29, 0.717) is 34.1 Å². The van der Waals surface area contributed by atoms with Gasteiger partial charge in [0.1, 0.15) is 5.82 Å². The lowest BCUT2D eigenvalue weighted by Crippen LogP contribution is -2.21. The van der Waals surface area contributed by atoms with E-state index < -0.39 is 5.60 Å². The number of nitrogens with one attached hydrogen (secondary N) is 1. The van der Waals surface area contributed by atoms with E-state index in [9.17, 15) is 10.4 Å². The van der Waals surface area contributed by atoms with Crippen LogP contribution in [0.3, 0.4) is 0 Å². The van der Waals surface area contributed by atoms with Crippen LogP contribution in [-0.2, 0) is 6.42 Å². The number of nitrogen functional groups attached to an aromatic ring is 1. The van der Waals surface area contributed by atoms with Crippen LogP contribution in [0.2, 0.25) is 5.02 Å². The van der Waals surface area contributed by atoms with Gasteiger partial charge < -0.3 is 15.8 Å². The van der Waals surface area contributed by atoms with Crippen LogP contribution in [0.1, 0.15) is 25.0 Å². The molecule has 0 aliphatic carbocycles. The van der Waals surface area contributed by atoms with Gasteiger partial charge in [0.05, 0.1) is 33.8 Å². The molecule has 0 radical (unpaired) electrons. The molecule has 0 unspecified atom stereocenters. The molecular formula is C26H21ClN4O. The summed E-state index contributed by atoms with van der Waals surface area (Å²) in [6, 6.07) is 19.4. The maximum atomic E-state index is 10.3. The number of aromatic nitrogens is 2. The van der Waals surface area contributed by atoms with Gasteiger partial charge in [0.25, 0.3) is 0 Å². The van der Waals surface area contributed by atoms with Crippen molar-refractivity contribution < 1.29 is 5.11 Å². The van der Waals surface area contributed by atoms with Crippen LogP contribution in [0.15, 0.2) is 54.6 Å². The molecule has 0 bridgehead atoms. The molecule has 1 aromatic heterocycles. The summed E-state index contributed by atoms with van der Waals surface area (Å²) >= 11 is 6.36. The largest absolute Gasteiger partial charge is 0.398 e. The summed E-state index contributed by atoms with van der Waals surface area (Å²) in [5, 5.41) is 24.5. The molecule has 0 aliphatic rings. The van der Waals surface area contributed by atoms with Gasteiger partial charge in [-0.15, -0.1) is 0 Å². The van der Waals surface area contributed by atoms with Gasteiger partial charge in [-0.05, 0) is 54.4 Å². The van der Waals surface area contributed by atoms with E-state index in [1.54, 1.807) is 32.0 Å². The van der Waals surface area contributed by atoms with Gasteiger partial charge in [0.15, 0.2) is 0 Å². The van der Waals surface area contributed by atoms with E-state index in [1.165, 1.54) is 0 Å². The predicted octanol–water partition coefficient (Wildman–Crippen LogP) is 5.96. The lowest BCUT2D eigenvalue weighted by atomic mass is 9.93. The standard InChI is InChI=1S/C26H21ClN4O/c1-26(2,32)12-14-6-8-17-19(10-14)20-11-16(27)7-9-18(20)24-23(17)30-25(31-24)22-15(13-28)4-3-5-21(22)29/h3-11,32H,12,29H2,1-2H3,(H,30,31). The summed E-state index contributed by atoms with van der Waals surface area (Å²) in [4.78, 5) is 8.29. The molecular weight excluding hydrogens is 420 g/mol. The van der Waals surface area contributed by atoms with Crippen LogP contribution < -0.4 is 5.73 Å². The van der Waals surface area contributed by atoms with Crippen LogP contribution >= 0.6 is 11.6 Å².